The zero-order chi connectivity index (χ0) is 16.4. The van der Waals surface area contributed by atoms with Gasteiger partial charge >= 0.3 is 0 Å². The van der Waals surface area contributed by atoms with Crippen LogP contribution in [0.4, 0.5) is 5.69 Å². The summed E-state index contributed by atoms with van der Waals surface area (Å²) < 4.78 is 0. The topological polar surface area (TPSA) is 57.8 Å². The summed E-state index contributed by atoms with van der Waals surface area (Å²) >= 11 is 19.1. The summed E-state index contributed by atoms with van der Waals surface area (Å²) in [7, 11) is 0. The molecule has 8 heteroatoms. The molecule has 2 N–H and O–H groups in total. The quantitative estimate of drug-likeness (QED) is 0.475. The van der Waals surface area contributed by atoms with E-state index in [1.807, 2.05) is 24.3 Å². The lowest BCUT2D eigenvalue weighted by molar-refractivity contribution is -0.113. The number of hydrogen-bond donors (Lipinski definition) is 2. The molecule has 0 aliphatic heterocycles. The first-order chi connectivity index (χ1) is 11.0. The molecule has 1 amide bonds. The molecule has 0 unspecified atom stereocenters. The van der Waals surface area contributed by atoms with Crippen LogP contribution in [0.3, 0.4) is 0 Å². The average Bonchev–Trinajstić information content (AvgIpc) is 2.93. The normalized spacial score (nSPS) is 10.9. The molecule has 0 spiro atoms. The number of aromatic amines is 1. The summed E-state index contributed by atoms with van der Waals surface area (Å²) in [4.78, 5) is 19.6. The van der Waals surface area contributed by atoms with Gasteiger partial charge in [-0.25, -0.2) is 4.98 Å². The smallest absolute Gasteiger partial charge is 0.234 e. The fourth-order valence-corrected chi connectivity index (χ4v) is 3.22. The number of carbonyl (C=O) groups is 1. The van der Waals surface area contributed by atoms with Gasteiger partial charge in [-0.05, 0) is 24.3 Å². The van der Waals surface area contributed by atoms with Crippen LogP contribution in [0.1, 0.15) is 0 Å². The Bertz CT molecular complexity index is 849. The number of hydrogen-bond acceptors (Lipinski definition) is 3. The molecule has 0 aliphatic rings. The summed E-state index contributed by atoms with van der Waals surface area (Å²) in [5.74, 6) is -0.0214. The number of nitrogens with zero attached hydrogens (tertiary/aromatic N) is 1. The van der Waals surface area contributed by atoms with Crippen LogP contribution in [0.15, 0.2) is 41.6 Å². The molecular weight excluding hydrogens is 377 g/mol. The van der Waals surface area contributed by atoms with Gasteiger partial charge in [-0.2, -0.15) is 0 Å². The first-order valence-corrected chi connectivity index (χ1v) is 8.67. The Morgan fingerprint density at radius 3 is 2.65 bits per heavy atom. The van der Waals surface area contributed by atoms with E-state index in [0.29, 0.717) is 25.9 Å². The van der Waals surface area contributed by atoms with Crippen LogP contribution in [0.2, 0.25) is 15.1 Å². The largest absolute Gasteiger partial charge is 0.333 e. The Balaban J connectivity index is 1.64. The van der Waals surface area contributed by atoms with Crippen LogP contribution in [0, 0.1) is 0 Å². The molecule has 0 saturated carbocycles. The SMILES string of the molecule is O=C(CSc1nc2ccccc2[nH]1)Nc1cc(Cl)c(Cl)cc1Cl. The maximum atomic E-state index is 12.0. The third-order valence-corrected chi connectivity index (χ3v) is 4.90. The second kappa shape index (κ2) is 7.01. The van der Waals surface area contributed by atoms with E-state index in [1.165, 1.54) is 23.9 Å². The molecular formula is C15H10Cl3N3OS. The molecule has 0 radical (unpaired) electrons. The number of fused-ring (bicyclic) bond motifs is 1. The lowest BCUT2D eigenvalue weighted by atomic mass is 10.3. The van der Waals surface area contributed by atoms with Crippen LogP contribution in [-0.4, -0.2) is 21.6 Å². The summed E-state index contributed by atoms with van der Waals surface area (Å²) in [6, 6.07) is 10.7. The van der Waals surface area contributed by atoms with Crippen molar-refractivity contribution in [3.63, 3.8) is 0 Å². The van der Waals surface area contributed by atoms with E-state index in [0.717, 1.165) is 11.0 Å². The molecule has 0 fully saturated rings. The van der Waals surface area contributed by atoms with E-state index in [4.69, 9.17) is 34.8 Å². The highest BCUT2D eigenvalue weighted by Crippen LogP contribution is 2.32. The molecule has 118 valence electrons. The lowest BCUT2D eigenvalue weighted by Crippen LogP contribution is -2.14. The molecule has 23 heavy (non-hydrogen) atoms. The minimum Gasteiger partial charge on any atom is -0.333 e. The van der Waals surface area contributed by atoms with Crippen molar-refractivity contribution in [2.24, 2.45) is 0 Å². The molecule has 4 nitrogen and oxygen atoms in total. The van der Waals surface area contributed by atoms with Gasteiger partial charge in [0.15, 0.2) is 5.16 Å². The van der Waals surface area contributed by atoms with E-state index in [1.54, 1.807) is 0 Å². The Hall–Kier alpha value is -1.40. The standard InChI is InChI=1S/C15H10Cl3N3OS/c16-8-5-10(18)13(6-9(8)17)19-14(22)7-23-15-20-11-3-1-2-4-12(11)21-15/h1-6H,7H2,(H,19,22)(H,20,21). The number of para-hydroxylation sites is 2. The molecule has 0 bridgehead atoms. The minimum absolute atomic E-state index is 0.191. The summed E-state index contributed by atoms with van der Waals surface area (Å²) in [5.41, 5.74) is 2.22. The highest BCUT2D eigenvalue weighted by Gasteiger charge is 2.11. The number of thioether (sulfide) groups is 1. The van der Waals surface area contributed by atoms with Gasteiger partial charge < -0.3 is 10.3 Å². The van der Waals surface area contributed by atoms with Gasteiger partial charge in [-0.15, -0.1) is 0 Å². The Morgan fingerprint density at radius 2 is 1.87 bits per heavy atom. The Kier molecular flexibility index (Phi) is 5.02. The predicted octanol–water partition coefficient (Wildman–Crippen LogP) is 5.25. The molecule has 3 aromatic rings. The van der Waals surface area contributed by atoms with Crippen LogP contribution in [-0.2, 0) is 4.79 Å². The number of amides is 1. The number of benzene rings is 2. The van der Waals surface area contributed by atoms with Crippen molar-refractivity contribution >= 4 is 69.2 Å². The van der Waals surface area contributed by atoms with Gasteiger partial charge in [-0.3, -0.25) is 4.79 Å². The van der Waals surface area contributed by atoms with Gasteiger partial charge in [-0.1, -0.05) is 58.7 Å². The van der Waals surface area contributed by atoms with Crippen molar-refractivity contribution in [2.45, 2.75) is 5.16 Å². The minimum atomic E-state index is -0.212. The lowest BCUT2D eigenvalue weighted by Gasteiger charge is -2.08. The second-order valence-electron chi connectivity index (χ2n) is 4.64. The zero-order valence-electron chi connectivity index (χ0n) is 11.6. The van der Waals surface area contributed by atoms with Gasteiger partial charge in [0.1, 0.15) is 0 Å². The number of carbonyl (C=O) groups excluding carboxylic acids is 1. The van der Waals surface area contributed by atoms with Crippen molar-refractivity contribution < 1.29 is 4.79 Å². The predicted molar refractivity (Wildman–Crippen MR) is 96.9 cm³/mol. The number of imidazole rings is 1. The van der Waals surface area contributed by atoms with E-state index >= 15 is 0 Å². The number of anilines is 1. The summed E-state index contributed by atoms with van der Waals surface area (Å²) in [6.07, 6.45) is 0. The molecule has 1 aromatic heterocycles. The number of rotatable bonds is 4. The molecule has 1 heterocycles. The molecule has 0 saturated heterocycles. The third-order valence-electron chi connectivity index (χ3n) is 2.99. The molecule has 0 atom stereocenters. The number of halogens is 3. The van der Waals surface area contributed by atoms with E-state index in [-0.39, 0.29) is 11.7 Å². The van der Waals surface area contributed by atoms with E-state index in [9.17, 15) is 4.79 Å². The highest BCUT2D eigenvalue weighted by atomic mass is 35.5. The Morgan fingerprint density at radius 1 is 1.13 bits per heavy atom. The first kappa shape index (κ1) is 16.5. The van der Waals surface area contributed by atoms with Crippen LogP contribution in [0.25, 0.3) is 11.0 Å². The van der Waals surface area contributed by atoms with E-state index in [2.05, 4.69) is 15.3 Å². The fourth-order valence-electron chi connectivity index (χ4n) is 1.94. The fraction of sp³-hybridized carbons (Fsp3) is 0.0667. The number of H-pyrrole nitrogens is 1. The average molecular weight is 387 g/mol. The molecule has 0 aliphatic carbocycles. The van der Waals surface area contributed by atoms with Gasteiger partial charge in [0.05, 0.1) is 37.5 Å². The van der Waals surface area contributed by atoms with Crippen LogP contribution >= 0.6 is 46.6 Å². The number of nitrogens with one attached hydrogen (secondary N) is 2. The monoisotopic (exact) mass is 385 g/mol. The van der Waals surface area contributed by atoms with Crippen molar-refractivity contribution in [3.05, 3.63) is 51.5 Å². The van der Waals surface area contributed by atoms with E-state index < -0.39 is 0 Å². The van der Waals surface area contributed by atoms with Crippen molar-refractivity contribution in [2.75, 3.05) is 11.1 Å². The van der Waals surface area contributed by atoms with Crippen molar-refractivity contribution in [1.29, 1.82) is 0 Å². The molecule has 3 rings (SSSR count). The van der Waals surface area contributed by atoms with Crippen LogP contribution < -0.4 is 5.32 Å². The summed E-state index contributed by atoms with van der Waals surface area (Å²) in [5, 5.41) is 4.39. The maximum Gasteiger partial charge on any atom is 0.234 e. The highest BCUT2D eigenvalue weighted by molar-refractivity contribution is 7.99. The number of aromatic nitrogens is 2. The van der Waals surface area contributed by atoms with Gasteiger partial charge in [0.25, 0.3) is 0 Å². The third kappa shape index (κ3) is 3.93. The van der Waals surface area contributed by atoms with Gasteiger partial charge in [0, 0.05) is 0 Å². The van der Waals surface area contributed by atoms with Gasteiger partial charge in [0.2, 0.25) is 5.91 Å². The maximum absolute atomic E-state index is 12.0. The second-order valence-corrected chi connectivity index (χ2v) is 6.83. The first-order valence-electron chi connectivity index (χ1n) is 6.55. The molecule has 2 aromatic carbocycles. The summed E-state index contributed by atoms with van der Waals surface area (Å²) in [6.45, 7) is 0. The Labute approximate surface area is 151 Å². The zero-order valence-corrected chi connectivity index (χ0v) is 14.7. The van der Waals surface area contributed by atoms with Crippen molar-refractivity contribution in [1.82, 2.24) is 9.97 Å². The van der Waals surface area contributed by atoms with Crippen molar-refractivity contribution in [3.8, 4) is 0 Å². The van der Waals surface area contributed by atoms with Crippen LogP contribution in [0.5, 0.6) is 0 Å².